The summed E-state index contributed by atoms with van der Waals surface area (Å²) in [7, 11) is 0. The van der Waals surface area contributed by atoms with Gasteiger partial charge in [0.25, 0.3) is 0 Å². The summed E-state index contributed by atoms with van der Waals surface area (Å²) in [5.41, 5.74) is 0.468. The number of carbonyl (C=O) groups excluding carboxylic acids is 1. The molecule has 23 heavy (non-hydrogen) atoms. The molecular formula is C18H22F2N2O. The summed E-state index contributed by atoms with van der Waals surface area (Å²) < 4.78 is 26.7. The van der Waals surface area contributed by atoms with E-state index in [0.717, 1.165) is 38.0 Å². The molecule has 3 nitrogen and oxygen atoms in total. The normalized spacial score (nSPS) is 28.6. The minimum Gasteiger partial charge on any atom is -0.353 e. The van der Waals surface area contributed by atoms with E-state index in [1.54, 1.807) is 0 Å². The monoisotopic (exact) mass is 320 g/mol. The Labute approximate surface area is 135 Å². The Balaban J connectivity index is 1.29. The van der Waals surface area contributed by atoms with E-state index in [-0.39, 0.29) is 23.8 Å². The first kappa shape index (κ1) is 15.1. The van der Waals surface area contributed by atoms with Crippen LogP contribution in [0.1, 0.15) is 43.6 Å². The van der Waals surface area contributed by atoms with E-state index in [2.05, 4.69) is 10.2 Å². The number of carbonyl (C=O) groups is 1. The van der Waals surface area contributed by atoms with Gasteiger partial charge in [0.05, 0.1) is 0 Å². The largest absolute Gasteiger partial charge is 0.353 e. The smallest absolute Gasteiger partial charge is 0.223 e. The predicted molar refractivity (Wildman–Crippen MR) is 83.0 cm³/mol. The third-order valence-electron chi connectivity index (χ3n) is 5.43. The number of halogens is 2. The van der Waals surface area contributed by atoms with Gasteiger partial charge in [-0.15, -0.1) is 0 Å². The first-order valence-electron chi connectivity index (χ1n) is 8.61. The number of hydrogen-bond acceptors (Lipinski definition) is 2. The van der Waals surface area contributed by atoms with Gasteiger partial charge in [0.15, 0.2) is 0 Å². The van der Waals surface area contributed by atoms with E-state index in [1.165, 1.54) is 25.0 Å². The van der Waals surface area contributed by atoms with Crippen molar-refractivity contribution >= 4 is 5.91 Å². The molecule has 2 atom stereocenters. The minimum absolute atomic E-state index is 0.0311. The van der Waals surface area contributed by atoms with Crippen LogP contribution >= 0.6 is 0 Å². The molecule has 1 saturated heterocycles. The van der Waals surface area contributed by atoms with E-state index in [9.17, 15) is 13.6 Å². The fourth-order valence-corrected chi connectivity index (χ4v) is 3.79. The van der Waals surface area contributed by atoms with E-state index >= 15 is 0 Å². The van der Waals surface area contributed by atoms with Crippen molar-refractivity contribution in [1.82, 2.24) is 10.2 Å². The van der Waals surface area contributed by atoms with Crippen LogP contribution in [0.25, 0.3) is 0 Å². The third kappa shape index (κ3) is 3.25. The Morgan fingerprint density at radius 1 is 1.13 bits per heavy atom. The molecule has 1 heterocycles. The lowest BCUT2D eigenvalue weighted by Gasteiger charge is -2.32. The number of rotatable bonds is 4. The average molecular weight is 320 g/mol. The van der Waals surface area contributed by atoms with Crippen LogP contribution in [0.4, 0.5) is 8.78 Å². The fourth-order valence-electron chi connectivity index (χ4n) is 3.79. The molecule has 1 aliphatic heterocycles. The second-order valence-electron chi connectivity index (χ2n) is 7.16. The highest BCUT2D eigenvalue weighted by atomic mass is 19.1. The number of benzene rings is 1. The first-order valence-corrected chi connectivity index (χ1v) is 8.61. The van der Waals surface area contributed by atoms with E-state index in [0.29, 0.717) is 12.0 Å². The molecule has 1 amide bonds. The van der Waals surface area contributed by atoms with Crippen LogP contribution in [-0.4, -0.2) is 36.0 Å². The number of amides is 1. The molecule has 2 saturated carbocycles. The summed E-state index contributed by atoms with van der Waals surface area (Å²) in [6, 6.07) is 4.67. The van der Waals surface area contributed by atoms with E-state index < -0.39 is 11.6 Å². The topological polar surface area (TPSA) is 32.3 Å². The van der Waals surface area contributed by atoms with Crippen molar-refractivity contribution in [3.8, 4) is 0 Å². The zero-order chi connectivity index (χ0) is 16.0. The molecule has 3 aliphatic rings. The molecule has 0 aromatic heterocycles. The minimum atomic E-state index is -0.574. The van der Waals surface area contributed by atoms with Crippen LogP contribution in [0.15, 0.2) is 18.2 Å². The molecule has 3 fully saturated rings. The summed E-state index contributed by atoms with van der Waals surface area (Å²) in [4.78, 5) is 14.9. The van der Waals surface area contributed by atoms with Crippen molar-refractivity contribution in [1.29, 1.82) is 0 Å². The van der Waals surface area contributed by atoms with Crippen molar-refractivity contribution in [3.63, 3.8) is 0 Å². The summed E-state index contributed by atoms with van der Waals surface area (Å²) >= 11 is 0. The van der Waals surface area contributed by atoms with Crippen LogP contribution in [0, 0.1) is 17.6 Å². The van der Waals surface area contributed by atoms with E-state index in [1.807, 2.05) is 0 Å². The van der Waals surface area contributed by atoms with E-state index in [4.69, 9.17) is 0 Å². The van der Waals surface area contributed by atoms with Crippen LogP contribution in [0.3, 0.4) is 0 Å². The van der Waals surface area contributed by atoms with Gasteiger partial charge in [0.1, 0.15) is 11.6 Å². The molecule has 1 N–H and O–H groups in total. The van der Waals surface area contributed by atoms with Gasteiger partial charge in [-0.3, -0.25) is 4.79 Å². The maximum absolute atomic E-state index is 13.8. The van der Waals surface area contributed by atoms with Gasteiger partial charge in [-0.05, 0) is 49.7 Å². The van der Waals surface area contributed by atoms with Gasteiger partial charge in [-0.25, -0.2) is 8.78 Å². The second-order valence-corrected chi connectivity index (χ2v) is 7.16. The summed E-state index contributed by atoms with van der Waals surface area (Å²) in [5.74, 6) is -1.33. The number of hydrogen-bond donors (Lipinski definition) is 1. The zero-order valence-corrected chi connectivity index (χ0v) is 13.1. The third-order valence-corrected chi connectivity index (χ3v) is 5.43. The Hall–Kier alpha value is -1.49. The lowest BCUT2D eigenvalue weighted by molar-refractivity contribution is -0.123. The molecule has 1 aromatic carbocycles. The molecule has 0 spiro atoms. The molecule has 0 radical (unpaired) electrons. The zero-order valence-electron chi connectivity index (χ0n) is 13.1. The fraction of sp³-hybridized carbons (Fsp3) is 0.611. The number of piperidine rings is 1. The standard InChI is InChI=1S/C18H22F2N2O/c19-11-1-4-14(17(20)9-11)15-10-16(15)18(23)21-12-5-7-22(8-6-12)13-2-3-13/h1,4,9,12-13,15-16H,2-3,5-8,10H2,(H,21,23)/t15-,16-/m1/s1. The lowest BCUT2D eigenvalue weighted by Crippen LogP contribution is -2.45. The van der Waals surface area contributed by atoms with Crippen LogP contribution in [0.2, 0.25) is 0 Å². The van der Waals surface area contributed by atoms with Gasteiger partial charge in [0, 0.05) is 37.2 Å². The maximum atomic E-state index is 13.8. The van der Waals surface area contributed by atoms with Crippen molar-refractivity contribution < 1.29 is 13.6 Å². The summed E-state index contributed by atoms with van der Waals surface area (Å²) in [6.07, 6.45) is 5.32. The van der Waals surface area contributed by atoms with Crippen molar-refractivity contribution in [2.24, 2.45) is 5.92 Å². The highest BCUT2D eigenvalue weighted by Crippen LogP contribution is 2.48. The lowest BCUT2D eigenvalue weighted by atomic mass is 10.0. The number of likely N-dealkylation sites (tertiary alicyclic amines) is 1. The highest BCUT2D eigenvalue weighted by molar-refractivity contribution is 5.83. The number of nitrogens with zero attached hydrogens (tertiary/aromatic N) is 1. The Bertz CT molecular complexity index is 609. The number of nitrogens with one attached hydrogen (secondary N) is 1. The molecule has 2 aliphatic carbocycles. The van der Waals surface area contributed by atoms with Crippen LogP contribution in [0.5, 0.6) is 0 Å². The highest BCUT2D eigenvalue weighted by Gasteiger charge is 2.45. The van der Waals surface area contributed by atoms with Gasteiger partial charge in [-0.1, -0.05) is 6.07 Å². The van der Waals surface area contributed by atoms with Gasteiger partial charge >= 0.3 is 0 Å². The van der Waals surface area contributed by atoms with Crippen LogP contribution in [-0.2, 0) is 4.79 Å². The summed E-state index contributed by atoms with van der Waals surface area (Å²) in [5, 5.41) is 3.13. The van der Waals surface area contributed by atoms with Crippen molar-refractivity contribution in [2.75, 3.05) is 13.1 Å². The molecular weight excluding hydrogens is 298 g/mol. The first-order chi connectivity index (χ1) is 11.1. The van der Waals surface area contributed by atoms with Gasteiger partial charge in [0.2, 0.25) is 5.91 Å². The molecule has 5 heteroatoms. The second kappa shape index (κ2) is 5.86. The van der Waals surface area contributed by atoms with Gasteiger partial charge in [-0.2, -0.15) is 0 Å². The predicted octanol–water partition coefficient (Wildman–Crippen LogP) is 2.81. The Kier molecular flexibility index (Phi) is 3.84. The SMILES string of the molecule is O=C(NC1CCN(C2CC2)CC1)[C@@H]1C[C@@H]1c1ccc(F)cc1F. The quantitative estimate of drug-likeness (QED) is 0.925. The average Bonchev–Trinajstić information content (AvgIpc) is 3.41. The van der Waals surface area contributed by atoms with Crippen molar-refractivity contribution in [3.05, 3.63) is 35.4 Å². The Morgan fingerprint density at radius 3 is 2.52 bits per heavy atom. The van der Waals surface area contributed by atoms with Crippen molar-refractivity contribution in [2.45, 2.75) is 50.1 Å². The summed E-state index contributed by atoms with van der Waals surface area (Å²) in [6.45, 7) is 2.13. The Morgan fingerprint density at radius 2 is 1.87 bits per heavy atom. The molecule has 1 aromatic rings. The van der Waals surface area contributed by atoms with Gasteiger partial charge < -0.3 is 10.2 Å². The molecule has 4 rings (SSSR count). The molecule has 124 valence electrons. The molecule has 0 unspecified atom stereocenters. The molecule has 0 bridgehead atoms. The maximum Gasteiger partial charge on any atom is 0.223 e. The van der Waals surface area contributed by atoms with Crippen LogP contribution < -0.4 is 5.32 Å².